The molecule has 5 heteroatoms. The van der Waals surface area contributed by atoms with Gasteiger partial charge in [0.2, 0.25) is 0 Å². The van der Waals surface area contributed by atoms with E-state index in [1.54, 1.807) is 11.8 Å². The first-order chi connectivity index (χ1) is 13.3. The summed E-state index contributed by atoms with van der Waals surface area (Å²) in [6.45, 7) is 5.25. The van der Waals surface area contributed by atoms with Gasteiger partial charge in [0.15, 0.2) is 11.0 Å². The molecule has 0 saturated heterocycles. The molecule has 0 spiro atoms. The topological polar surface area (TPSA) is 30.7 Å². The molecule has 4 rings (SSSR count). The van der Waals surface area contributed by atoms with Crippen LogP contribution in [0.25, 0.3) is 22.2 Å². The van der Waals surface area contributed by atoms with Crippen LogP contribution in [0.1, 0.15) is 30.7 Å². The Morgan fingerprint density at radius 1 is 1.04 bits per heavy atom. The zero-order chi connectivity index (χ0) is 18.6. The van der Waals surface area contributed by atoms with Gasteiger partial charge in [0.1, 0.15) is 0 Å². The van der Waals surface area contributed by atoms with E-state index in [0.29, 0.717) is 0 Å². The van der Waals surface area contributed by atoms with Crippen LogP contribution in [-0.2, 0) is 18.7 Å². The zero-order valence-electron chi connectivity index (χ0n) is 15.7. The van der Waals surface area contributed by atoms with E-state index in [0.717, 1.165) is 29.7 Å². The second-order valence-corrected chi connectivity index (χ2v) is 8.47. The van der Waals surface area contributed by atoms with Crippen molar-refractivity contribution < 1.29 is 0 Å². The summed E-state index contributed by atoms with van der Waals surface area (Å²) >= 11 is 3.59. The van der Waals surface area contributed by atoms with Crippen molar-refractivity contribution in [2.24, 2.45) is 0 Å². The van der Waals surface area contributed by atoms with Crippen molar-refractivity contribution in [3.8, 4) is 11.4 Å². The summed E-state index contributed by atoms with van der Waals surface area (Å²) in [5, 5.41) is 14.8. The summed E-state index contributed by atoms with van der Waals surface area (Å²) in [6, 6.07) is 17.3. The summed E-state index contributed by atoms with van der Waals surface area (Å²) in [4.78, 5) is 1.42. The minimum absolute atomic E-state index is 0.874. The maximum Gasteiger partial charge on any atom is 0.191 e. The normalized spacial score (nSPS) is 11.3. The molecule has 0 saturated carbocycles. The van der Waals surface area contributed by atoms with Crippen molar-refractivity contribution in [3.63, 3.8) is 0 Å². The van der Waals surface area contributed by atoms with Crippen molar-refractivity contribution >= 4 is 33.9 Å². The number of fused-ring (bicyclic) bond motifs is 1. The minimum atomic E-state index is 0.874. The van der Waals surface area contributed by atoms with Crippen LogP contribution in [-0.4, -0.2) is 14.8 Å². The Balaban J connectivity index is 1.58. The van der Waals surface area contributed by atoms with Gasteiger partial charge >= 0.3 is 0 Å². The molecular weight excluding hydrogens is 370 g/mol. The summed E-state index contributed by atoms with van der Waals surface area (Å²) in [5.41, 5.74) is 2.53. The summed E-state index contributed by atoms with van der Waals surface area (Å²) in [7, 11) is 0. The van der Waals surface area contributed by atoms with Gasteiger partial charge in [-0.05, 0) is 35.7 Å². The van der Waals surface area contributed by atoms with Crippen molar-refractivity contribution in [2.75, 3.05) is 0 Å². The smallest absolute Gasteiger partial charge is 0.191 e. The number of thiophene rings is 1. The zero-order valence-corrected chi connectivity index (χ0v) is 17.3. The molecule has 4 aromatic rings. The van der Waals surface area contributed by atoms with Gasteiger partial charge in [0, 0.05) is 28.1 Å². The largest absolute Gasteiger partial charge is 0.302 e. The number of hydrogen-bond donors (Lipinski definition) is 0. The Morgan fingerprint density at radius 2 is 1.89 bits per heavy atom. The first-order valence-electron chi connectivity index (χ1n) is 9.40. The molecule has 0 aliphatic rings. The van der Waals surface area contributed by atoms with Crippen LogP contribution >= 0.6 is 23.1 Å². The van der Waals surface area contributed by atoms with E-state index in [1.807, 2.05) is 11.3 Å². The number of aromatic nitrogens is 3. The van der Waals surface area contributed by atoms with Crippen LogP contribution in [0.4, 0.5) is 0 Å². The Kier molecular flexibility index (Phi) is 5.60. The molecule has 0 aliphatic carbocycles. The SMILES string of the molecule is CCCc1cc(-c2nnc(SCc3cccc4ccccc34)n2CC)cs1. The fourth-order valence-electron chi connectivity index (χ4n) is 3.33. The molecule has 2 heterocycles. The van der Waals surface area contributed by atoms with Gasteiger partial charge in [-0.3, -0.25) is 0 Å². The number of aryl methyl sites for hydroxylation is 1. The summed E-state index contributed by atoms with van der Waals surface area (Å²) < 4.78 is 2.23. The molecule has 0 bridgehead atoms. The lowest BCUT2D eigenvalue weighted by Gasteiger charge is -2.08. The van der Waals surface area contributed by atoms with Crippen LogP contribution in [0.5, 0.6) is 0 Å². The van der Waals surface area contributed by atoms with Gasteiger partial charge in [-0.25, -0.2) is 0 Å². The Labute approximate surface area is 168 Å². The Hall–Kier alpha value is -2.11. The molecule has 27 heavy (non-hydrogen) atoms. The summed E-state index contributed by atoms with van der Waals surface area (Å²) in [5.74, 6) is 1.88. The number of benzene rings is 2. The van der Waals surface area contributed by atoms with E-state index >= 15 is 0 Å². The Morgan fingerprint density at radius 3 is 2.74 bits per heavy atom. The molecule has 0 atom stereocenters. The number of hydrogen-bond acceptors (Lipinski definition) is 4. The van der Waals surface area contributed by atoms with Gasteiger partial charge in [-0.1, -0.05) is 67.6 Å². The van der Waals surface area contributed by atoms with Gasteiger partial charge in [0.05, 0.1) is 0 Å². The Bertz CT molecular complexity index is 1040. The third kappa shape index (κ3) is 3.80. The molecule has 0 N–H and O–H groups in total. The fraction of sp³-hybridized carbons (Fsp3) is 0.273. The van der Waals surface area contributed by atoms with Gasteiger partial charge in [-0.2, -0.15) is 0 Å². The molecule has 3 nitrogen and oxygen atoms in total. The molecule has 0 amide bonds. The molecular formula is C22H23N3S2. The number of rotatable bonds is 7. The lowest BCUT2D eigenvalue weighted by Crippen LogP contribution is -1.99. The summed E-state index contributed by atoms with van der Waals surface area (Å²) in [6.07, 6.45) is 2.31. The van der Waals surface area contributed by atoms with E-state index in [-0.39, 0.29) is 0 Å². The van der Waals surface area contributed by atoms with Crippen molar-refractivity contribution in [2.45, 2.75) is 44.1 Å². The first-order valence-corrected chi connectivity index (χ1v) is 11.3. The van der Waals surface area contributed by atoms with E-state index in [2.05, 4.69) is 82.5 Å². The van der Waals surface area contributed by atoms with E-state index in [1.165, 1.54) is 33.2 Å². The van der Waals surface area contributed by atoms with E-state index in [4.69, 9.17) is 0 Å². The molecule has 0 unspecified atom stereocenters. The van der Waals surface area contributed by atoms with Crippen molar-refractivity contribution in [1.29, 1.82) is 0 Å². The predicted molar refractivity (Wildman–Crippen MR) is 117 cm³/mol. The molecule has 0 aliphatic heterocycles. The van der Waals surface area contributed by atoms with Crippen LogP contribution < -0.4 is 0 Å². The van der Waals surface area contributed by atoms with Gasteiger partial charge in [-0.15, -0.1) is 21.5 Å². The monoisotopic (exact) mass is 393 g/mol. The lowest BCUT2D eigenvalue weighted by molar-refractivity contribution is 0.687. The molecule has 138 valence electrons. The van der Waals surface area contributed by atoms with E-state index < -0.39 is 0 Å². The number of nitrogens with zero attached hydrogens (tertiary/aromatic N) is 3. The lowest BCUT2D eigenvalue weighted by atomic mass is 10.1. The van der Waals surface area contributed by atoms with Crippen LogP contribution in [0.2, 0.25) is 0 Å². The van der Waals surface area contributed by atoms with Crippen LogP contribution in [0.3, 0.4) is 0 Å². The second kappa shape index (κ2) is 8.28. The quantitative estimate of drug-likeness (QED) is 0.339. The molecule has 0 radical (unpaired) electrons. The highest BCUT2D eigenvalue weighted by Crippen LogP contribution is 2.31. The minimum Gasteiger partial charge on any atom is -0.302 e. The number of thioether (sulfide) groups is 1. The van der Waals surface area contributed by atoms with Gasteiger partial charge in [0.25, 0.3) is 0 Å². The second-order valence-electron chi connectivity index (χ2n) is 6.53. The van der Waals surface area contributed by atoms with Gasteiger partial charge < -0.3 is 4.57 Å². The maximum absolute atomic E-state index is 4.50. The molecule has 2 aromatic carbocycles. The average molecular weight is 394 g/mol. The third-order valence-electron chi connectivity index (χ3n) is 4.68. The van der Waals surface area contributed by atoms with Crippen LogP contribution in [0, 0.1) is 0 Å². The standard InChI is InChI=1S/C22H23N3S2/c1-3-8-19-13-18(15-26-19)21-23-24-22(25(21)4-2)27-14-17-11-7-10-16-9-5-6-12-20(16)17/h5-7,9-13,15H,3-4,8,14H2,1-2H3. The van der Waals surface area contributed by atoms with Crippen LogP contribution in [0.15, 0.2) is 59.1 Å². The predicted octanol–water partition coefficient (Wildman–Crippen LogP) is 6.42. The average Bonchev–Trinajstić information content (AvgIpc) is 3.33. The highest BCUT2D eigenvalue weighted by atomic mass is 32.2. The van der Waals surface area contributed by atoms with E-state index in [9.17, 15) is 0 Å². The molecule has 2 aromatic heterocycles. The van der Waals surface area contributed by atoms with Crippen molar-refractivity contribution in [1.82, 2.24) is 14.8 Å². The maximum atomic E-state index is 4.50. The highest BCUT2D eigenvalue weighted by Gasteiger charge is 2.15. The third-order valence-corrected chi connectivity index (χ3v) is 6.69. The fourth-order valence-corrected chi connectivity index (χ4v) is 5.31. The first kappa shape index (κ1) is 18.3. The van der Waals surface area contributed by atoms with Crippen molar-refractivity contribution in [3.05, 3.63) is 64.4 Å². The highest BCUT2D eigenvalue weighted by molar-refractivity contribution is 7.98. The molecule has 0 fully saturated rings.